The summed E-state index contributed by atoms with van der Waals surface area (Å²) < 4.78 is 5.58. The molecule has 0 radical (unpaired) electrons. The normalized spacial score (nSPS) is 35.4. The van der Waals surface area contributed by atoms with Gasteiger partial charge in [-0.1, -0.05) is 24.3 Å². The SMILES string of the molecule is c1ccc2c(c1)CCC(N1CC3COCC3C1)C2. The summed E-state index contributed by atoms with van der Waals surface area (Å²) in [6, 6.07) is 9.77. The molecule has 1 aromatic carbocycles. The summed E-state index contributed by atoms with van der Waals surface area (Å²) in [7, 11) is 0. The van der Waals surface area contributed by atoms with E-state index in [2.05, 4.69) is 29.2 Å². The van der Waals surface area contributed by atoms with E-state index in [0.29, 0.717) is 0 Å². The quantitative estimate of drug-likeness (QED) is 0.749. The summed E-state index contributed by atoms with van der Waals surface area (Å²) >= 11 is 0. The molecule has 2 nitrogen and oxygen atoms in total. The van der Waals surface area contributed by atoms with Crippen LogP contribution in [0, 0.1) is 11.8 Å². The van der Waals surface area contributed by atoms with Gasteiger partial charge in [-0.15, -0.1) is 0 Å². The van der Waals surface area contributed by atoms with Gasteiger partial charge in [-0.25, -0.2) is 0 Å². The molecule has 2 aliphatic heterocycles. The molecule has 3 unspecified atom stereocenters. The van der Waals surface area contributed by atoms with E-state index in [4.69, 9.17) is 4.74 Å². The average molecular weight is 243 g/mol. The van der Waals surface area contributed by atoms with Crippen LogP contribution < -0.4 is 0 Å². The van der Waals surface area contributed by atoms with Gasteiger partial charge in [0.05, 0.1) is 13.2 Å². The highest BCUT2D eigenvalue weighted by molar-refractivity contribution is 5.30. The maximum Gasteiger partial charge on any atom is 0.0510 e. The Hall–Kier alpha value is -0.860. The van der Waals surface area contributed by atoms with Crippen molar-refractivity contribution in [3.8, 4) is 0 Å². The molecule has 3 aliphatic rings. The molecule has 0 saturated carbocycles. The summed E-state index contributed by atoms with van der Waals surface area (Å²) in [5.74, 6) is 1.64. The van der Waals surface area contributed by atoms with Crippen molar-refractivity contribution >= 4 is 0 Å². The van der Waals surface area contributed by atoms with Crippen molar-refractivity contribution in [3.05, 3.63) is 35.4 Å². The highest BCUT2D eigenvalue weighted by atomic mass is 16.5. The lowest BCUT2D eigenvalue weighted by Gasteiger charge is -2.32. The van der Waals surface area contributed by atoms with E-state index in [-0.39, 0.29) is 0 Å². The lowest BCUT2D eigenvalue weighted by atomic mass is 9.87. The minimum Gasteiger partial charge on any atom is -0.381 e. The van der Waals surface area contributed by atoms with Crippen LogP contribution in [-0.2, 0) is 17.6 Å². The average Bonchev–Trinajstić information content (AvgIpc) is 2.99. The first kappa shape index (κ1) is 11.0. The zero-order valence-corrected chi connectivity index (χ0v) is 10.8. The third-order valence-corrected chi connectivity index (χ3v) is 5.11. The fraction of sp³-hybridized carbons (Fsp3) is 0.625. The van der Waals surface area contributed by atoms with Gasteiger partial charge in [-0.3, -0.25) is 4.90 Å². The van der Waals surface area contributed by atoms with E-state index >= 15 is 0 Å². The van der Waals surface area contributed by atoms with Crippen molar-refractivity contribution in [1.82, 2.24) is 4.90 Å². The molecule has 3 atom stereocenters. The standard InChI is InChI=1S/C16H21NO/c1-2-4-13-7-16(6-5-12(13)3-1)17-8-14-10-18-11-15(14)9-17/h1-4,14-16H,5-11H2. The molecule has 1 aliphatic carbocycles. The van der Waals surface area contributed by atoms with Crippen LogP contribution in [0.4, 0.5) is 0 Å². The Bertz CT molecular complexity index is 432. The van der Waals surface area contributed by atoms with Crippen LogP contribution in [0.2, 0.25) is 0 Å². The van der Waals surface area contributed by atoms with E-state index < -0.39 is 0 Å². The highest BCUT2D eigenvalue weighted by Gasteiger charge is 2.40. The van der Waals surface area contributed by atoms with Crippen LogP contribution in [-0.4, -0.2) is 37.2 Å². The zero-order chi connectivity index (χ0) is 11.9. The molecule has 0 bridgehead atoms. The van der Waals surface area contributed by atoms with E-state index in [0.717, 1.165) is 31.1 Å². The van der Waals surface area contributed by atoms with Gasteiger partial charge in [-0.05, 0) is 30.4 Å². The molecule has 0 spiro atoms. The Morgan fingerprint density at radius 2 is 1.72 bits per heavy atom. The Morgan fingerprint density at radius 1 is 1.00 bits per heavy atom. The molecular weight excluding hydrogens is 222 g/mol. The summed E-state index contributed by atoms with van der Waals surface area (Å²) in [5, 5.41) is 0. The molecule has 4 rings (SSSR count). The van der Waals surface area contributed by atoms with Gasteiger partial charge in [0.15, 0.2) is 0 Å². The van der Waals surface area contributed by atoms with Crippen LogP contribution >= 0.6 is 0 Å². The largest absolute Gasteiger partial charge is 0.381 e. The lowest BCUT2D eigenvalue weighted by Crippen LogP contribution is -2.38. The number of hydrogen-bond donors (Lipinski definition) is 0. The van der Waals surface area contributed by atoms with Crippen LogP contribution in [0.15, 0.2) is 24.3 Å². The second-order valence-electron chi connectivity index (χ2n) is 6.18. The topological polar surface area (TPSA) is 12.5 Å². The Labute approximate surface area is 109 Å². The maximum absolute atomic E-state index is 5.58. The van der Waals surface area contributed by atoms with Gasteiger partial charge in [-0.2, -0.15) is 0 Å². The second-order valence-corrected chi connectivity index (χ2v) is 6.18. The number of fused-ring (bicyclic) bond motifs is 2. The first-order chi connectivity index (χ1) is 8.90. The van der Waals surface area contributed by atoms with E-state index in [1.807, 2.05) is 0 Å². The number of aryl methyl sites for hydroxylation is 1. The van der Waals surface area contributed by atoms with Gasteiger partial charge in [0, 0.05) is 31.0 Å². The van der Waals surface area contributed by atoms with Crippen molar-refractivity contribution < 1.29 is 4.74 Å². The number of rotatable bonds is 1. The molecule has 2 saturated heterocycles. The Kier molecular flexibility index (Phi) is 2.66. The monoisotopic (exact) mass is 243 g/mol. The molecule has 18 heavy (non-hydrogen) atoms. The summed E-state index contributed by atoms with van der Waals surface area (Å²) in [6.07, 6.45) is 3.87. The zero-order valence-electron chi connectivity index (χ0n) is 10.8. The number of hydrogen-bond acceptors (Lipinski definition) is 2. The van der Waals surface area contributed by atoms with Gasteiger partial charge in [0.25, 0.3) is 0 Å². The van der Waals surface area contributed by atoms with Gasteiger partial charge >= 0.3 is 0 Å². The number of ether oxygens (including phenoxy) is 1. The third-order valence-electron chi connectivity index (χ3n) is 5.11. The van der Waals surface area contributed by atoms with E-state index in [1.165, 1.54) is 32.4 Å². The van der Waals surface area contributed by atoms with E-state index in [1.54, 1.807) is 11.1 Å². The number of nitrogens with zero attached hydrogens (tertiary/aromatic N) is 1. The van der Waals surface area contributed by atoms with Crippen LogP contribution in [0.1, 0.15) is 17.5 Å². The smallest absolute Gasteiger partial charge is 0.0510 e. The molecule has 2 fully saturated rings. The van der Waals surface area contributed by atoms with Gasteiger partial charge < -0.3 is 4.74 Å². The van der Waals surface area contributed by atoms with Crippen molar-refractivity contribution in [1.29, 1.82) is 0 Å². The maximum atomic E-state index is 5.58. The van der Waals surface area contributed by atoms with Crippen molar-refractivity contribution in [3.63, 3.8) is 0 Å². The molecule has 0 amide bonds. The van der Waals surface area contributed by atoms with Crippen LogP contribution in [0.3, 0.4) is 0 Å². The first-order valence-corrected chi connectivity index (χ1v) is 7.29. The first-order valence-electron chi connectivity index (χ1n) is 7.29. The Balaban J connectivity index is 1.48. The molecule has 2 heteroatoms. The van der Waals surface area contributed by atoms with E-state index in [9.17, 15) is 0 Å². The minimum absolute atomic E-state index is 0.783. The third kappa shape index (κ3) is 1.79. The minimum atomic E-state index is 0.783. The Morgan fingerprint density at radius 3 is 2.50 bits per heavy atom. The molecule has 96 valence electrons. The predicted molar refractivity (Wildman–Crippen MR) is 71.6 cm³/mol. The molecule has 0 aromatic heterocycles. The van der Waals surface area contributed by atoms with Crippen molar-refractivity contribution in [2.45, 2.75) is 25.3 Å². The summed E-state index contributed by atoms with van der Waals surface area (Å²) in [5.41, 5.74) is 3.17. The summed E-state index contributed by atoms with van der Waals surface area (Å²) in [4.78, 5) is 2.74. The number of benzene rings is 1. The van der Waals surface area contributed by atoms with Crippen LogP contribution in [0.5, 0.6) is 0 Å². The molecule has 2 heterocycles. The molecule has 1 aromatic rings. The lowest BCUT2D eigenvalue weighted by molar-refractivity contribution is 0.134. The van der Waals surface area contributed by atoms with Gasteiger partial charge in [0.2, 0.25) is 0 Å². The van der Waals surface area contributed by atoms with Crippen molar-refractivity contribution in [2.75, 3.05) is 26.3 Å². The molecular formula is C16H21NO. The van der Waals surface area contributed by atoms with Gasteiger partial charge in [0.1, 0.15) is 0 Å². The van der Waals surface area contributed by atoms with Crippen molar-refractivity contribution in [2.24, 2.45) is 11.8 Å². The highest BCUT2D eigenvalue weighted by Crippen LogP contribution is 2.33. The molecule has 0 N–H and O–H groups in total. The van der Waals surface area contributed by atoms with Crippen LogP contribution in [0.25, 0.3) is 0 Å². The fourth-order valence-electron chi connectivity index (χ4n) is 4.01. The second kappa shape index (κ2) is 4.36. The predicted octanol–water partition coefficient (Wildman–Crippen LogP) is 2.12. The summed E-state index contributed by atoms with van der Waals surface area (Å²) in [6.45, 7) is 4.56. The number of likely N-dealkylation sites (tertiary alicyclic amines) is 1. The fourth-order valence-corrected chi connectivity index (χ4v) is 4.01.